The highest BCUT2D eigenvalue weighted by Gasteiger charge is 2.42. The monoisotopic (exact) mass is 196 g/mol. The van der Waals surface area contributed by atoms with E-state index in [-0.39, 0.29) is 0 Å². The van der Waals surface area contributed by atoms with Crippen LogP contribution in [0.2, 0.25) is 0 Å². The molecule has 1 atom stereocenters. The molecule has 1 spiro atoms. The van der Waals surface area contributed by atoms with E-state index in [9.17, 15) is 0 Å². The Labute approximate surface area is 87.8 Å². The van der Waals surface area contributed by atoms with Crippen LogP contribution in [-0.2, 0) is 0 Å². The van der Waals surface area contributed by atoms with Gasteiger partial charge in [0.25, 0.3) is 0 Å². The molecule has 0 bridgehead atoms. The van der Waals surface area contributed by atoms with E-state index >= 15 is 0 Å². The van der Waals surface area contributed by atoms with Gasteiger partial charge < -0.3 is 10.6 Å². The molecular formula is C12H24N2. The zero-order valence-corrected chi connectivity index (χ0v) is 9.47. The van der Waals surface area contributed by atoms with Gasteiger partial charge in [-0.15, -0.1) is 0 Å². The molecule has 0 aromatic heterocycles. The third-order valence-corrected chi connectivity index (χ3v) is 4.05. The molecule has 0 aromatic rings. The average Bonchev–Trinajstić information content (AvgIpc) is 2.17. The Hall–Kier alpha value is -0.0800. The number of rotatable bonds is 3. The summed E-state index contributed by atoms with van der Waals surface area (Å²) in [6, 6.07) is 0.399. The molecule has 0 amide bonds. The maximum Gasteiger partial charge on any atom is 0.0165 e. The summed E-state index contributed by atoms with van der Waals surface area (Å²) >= 11 is 0. The number of hydrogen-bond acceptors (Lipinski definition) is 2. The van der Waals surface area contributed by atoms with Crippen LogP contribution in [0.5, 0.6) is 0 Å². The molecule has 2 heteroatoms. The largest absolute Gasteiger partial charge is 0.327 e. The van der Waals surface area contributed by atoms with E-state index in [2.05, 4.69) is 11.8 Å². The van der Waals surface area contributed by atoms with E-state index in [1.807, 2.05) is 0 Å². The molecule has 1 unspecified atom stereocenters. The SMILES string of the molecule is CCC(N)CN1CC2(CCCCC2)C1. The second kappa shape index (κ2) is 4.19. The minimum absolute atomic E-state index is 0.399. The predicted octanol–water partition coefficient (Wildman–Crippen LogP) is 1.99. The Bertz CT molecular complexity index is 177. The van der Waals surface area contributed by atoms with Gasteiger partial charge in [-0.05, 0) is 24.7 Å². The maximum atomic E-state index is 5.96. The van der Waals surface area contributed by atoms with Gasteiger partial charge in [-0.3, -0.25) is 0 Å². The number of nitrogens with zero attached hydrogens (tertiary/aromatic N) is 1. The molecule has 2 N–H and O–H groups in total. The highest BCUT2D eigenvalue weighted by Crippen LogP contribution is 2.43. The first-order chi connectivity index (χ1) is 6.74. The Morgan fingerprint density at radius 2 is 1.86 bits per heavy atom. The highest BCUT2D eigenvalue weighted by atomic mass is 15.2. The second-order valence-corrected chi connectivity index (χ2v) is 5.40. The van der Waals surface area contributed by atoms with Crippen molar-refractivity contribution in [2.45, 2.75) is 51.5 Å². The van der Waals surface area contributed by atoms with E-state index in [4.69, 9.17) is 5.73 Å². The Balaban J connectivity index is 1.72. The van der Waals surface area contributed by atoms with Gasteiger partial charge in [-0.25, -0.2) is 0 Å². The summed E-state index contributed by atoms with van der Waals surface area (Å²) in [4.78, 5) is 2.56. The van der Waals surface area contributed by atoms with Crippen molar-refractivity contribution in [2.75, 3.05) is 19.6 Å². The van der Waals surface area contributed by atoms with Crippen LogP contribution in [-0.4, -0.2) is 30.6 Å². The summed E-state index contributed by atoms with van der Waals surface area (Å²) in [5, 5.41) is 0. The first kappa shape index (κ1) is 10.4. The molecule has 2 rings (SSSR count). The second-order valence-electron chi connectivity index (χ2n) is 5.40. The molecule has 2 aliphatic rings. The van der Waals surface area contributed by atoms with Gasteiger partial charge in [-0.1, -0.05) is 26.2 Å². The van der Waals surface area contributed by atoms with Gasteiger partial charge in [0.1, 0.15) is 0 Å². The van der Waals surface area contributed by atoms with Crippen molar-refractivity contribution in [3.8, 4) is 0 Å². The van der Waals surface area contributed by atoms with E-state index in [0.717, 1.165) is 18.4 Å². The highest BCUT2D eigenvalue weighted by molar-refractivity contribution is 4.97. The lowest BCUT2D eigenvalue weighted by Crippen LogP contribution is -2.59. The molecule has 1 aliphatic carbocycles. The van der Waals surface area contributed by atoms with Gasteiger partial charge in [-0.2, -0.15) is 0 Å². The summed E-state index contributed by atoms with van der Waals surface area (Å²) in [5.74, 6) is 0. The fraction of sp³-hybridized carbons (Fsp3) is 1.00. The predicted molar refractivity (Wildman–Crippen MR) is 60.2 cm³/mol. The van der Waals surface area contributed by atoms with Gasteiger partial charge in [0.15, 0.2) is 0 Å². The summed E-state index contributed by atoms with van der Waals surface area (Å²) in [6.07, 6.45) is 8.47. The van der Waals surface area contributed by atoms with Crippen molar-refractivity contribution in [1.29, 1.82) is 0 Å². The Morgan fingerprint density at radius 3 is 2.43 bits per heavy atom. The summed E-state index contributed by atoms with van der Waals surface area (Å²) < 4.78 is 0. The van der Waals surface area contributed by atoms with Crippen LogP contribution in [0.1, 0.15) is 45.4 Å². The summed E-state index contributed by atoms with van der Waals surface area (Å²) in [5.41, 5.74) is 6.69. The molecule has 1 aliphatic heterocycles. The third kappa shape index (κ3) is 2.12. The standard InChI is InChI=1S/C12H24N2/c1-2-11(13)8-14-9-12(10-14)6-4-3-5-7-12/h11H,2-10,13H2,1H3. The molecule has 82 valence electrons. The van der Waals surface area contributed by atoms with Crippen LogP contribution in [0, 0.1) is 5.41 Å². The number of likely N-dealkylation sites (tertiary alicyclic amines) is 1. The third-order valence-electron chi connectivity index (χ3n) is 4.05. The van der Waals surface area contributed by atoms with Crippen molar-refractivity contribution in [2.24, 2.45) is 11.1 Å². The smallest absolute Gasteiger partial charge is 0.0165 e. The Morgan fingerprint density at radius 1 is 1.21 bits per heavy atom. The van der Waals surface area contributed by atoms with Crippen molar-refractivity contribution in [3.63, 3.8) is 0 Å². The van der Waals surface area contributed by atoms with Crippen molar-refractivity contribution in [3.05, 3.63) is 0 Å². The molecule has 0 radical (unpaired) electrons. The fourth-order valence-corrected chi connectivity index (χ4v) is 3.11. The average molecular weight is 196 g/mol. The first-order valence-corrected chi connectivity index (χ1v) is 6.22. The quantitative estimate of drug-likeness (QED) is 0.748. The lowest BCUT2D eigenvalue weighted by molar-refractivity contribution is -0.0307. The van der Waals surface area contributed by atoms with Crippen LogP contribution in [0.4, 0.5) is 0 Å². The first-order valence-electron chi connectivity index (χ1n) is 6.22. The molecule has 1 saturated carbocycles. The normalized spacial score (nSPS) is 28.7. The van der Waals surface area contributed by atoms with Crippen LogP contribution in [0.25, 0.3) is 0 Å². The molecular weight excluding hydrogens is 172 g/mol. The van der Waals surface area contributed by atoms with Crippen LogP contribution in [0.3, 0.4) is 0 Å². The lowest BCUT2D eigenvalue weighted by Gasteiger charge is -2.53. The van der Waals surface area contributed by atoms with E-state index < -0.39 is 0 Å². The molecule has 1 saturated heterocycles. The van der Waals surface area contributed by atoms with Crippen molar-refractivity contribution < 1.29 is 0 Å². The zero-order chi connectivity index (χ0) is 10.0. The van der Waals surface area contributed by atoms with Crippen molar-refractivity contribution in [1.82, 2.24) is 4.90 Å². The van der Waals surface area contributed by atoms with E-state index in [1.165, 1.54) is 45.2 Å². The van der Waals surface area contributed by atoms with E-state index in [1.54, 1.807) is 0 Å². The zero-order valence-electron chi connectivity index (χ0n) is 9.47. The van der Waals surface area contributed by atoms with E-state index in [0.29, 0.717) is 6.04 Å². The van der Waals surface area contributed by atoms with Crippen LogP contribution in [0.15, 0.2) is 0 Å². The molecule has 14 heavy (non-hydrogen) atoms. The van der Waals surface area contributed by atoms with Crippen LogP contribution < -0.4 is 5.73 Å². The topological polar surface area (TPSA) is 29.3 Å². The minimum Gasteiger partial charge on any atom is -0.327 e. The fourth-order valence-electron chi connectivity index (χ4n) is 3.11. The van der Waals surface area contributed by atoms with Gasteiger partial charge >= 0.3 is 0 Å². The van der Waals surface area contributed by atoms with Gasteiger partial charge in [0.05, 0.1) is 0 Å². The van der Waals surface area contributed by atoms with Crippen molar-refractivity contribution >= 4 is 0 Å². The molecule has 1 heterocycles. The van der Waals surface area contributed by atoms with Crippen LogP contribution >= 0.6 is 0 Å². The molecule has 0 aromatic carbocycles. The Kier molecular flexibility index (Phi) is 3.13. The maximum absolute atomic E-state index is 5.96. The summed E-state index contributed by atoms with van der Waals surface area (Å²) in [6.45, 7) is 5.97. The summed E-state index contributed by atoms with van der Waals surface area (Å²) in [7, 11) is 0. The minimum atomic E-state index is 0.399. The molecule has 2 nitrogen and oxygen atoms in total. The number of hydrogen-bond donors (Lipinski definition) is 1. The van der Waals surface area contributed by atoms with Gasteiger partial charge in [0.2, 0.25) is 0 Å². The molecule has 2 fully saturated rings. The lowest BCUT2D eigenvalue weighted by atomic mass is 9.68. The van der Waals surface area contributed by atoms with Gasteiger partial charge in [0, 0.05) is 25.7 Å². The number of nitrogens with two attached hydrogens (primary N) is 1.